The minimum absolute atomic E-state index is 0.396. The van der Waals surface area contributed by atoms with Crippen LogP contribution in [-0.2, 0) is 14.3 Å². The lowest BCUT2D eigenvalue weighted by Crippen LogP contribution is -2.46. The number of anilines is 2. The summed E-state index contributed by atoms with van der Waals surface area (Å²) < 4.78 is 10.8. The predicted octanol–water partition coefficient (Wildman–Crippen LogP) is 3.82. The van der Waals surface area contributed by atoms with E-state index in [1.165, 1.54) is 0 Å². The van der Waals surface area contributed by atoms with E-state index in [2.05, 4.69) is 22.0 Å². The number of hydrogen-bond acceptors (Lipinski definition) is 6. The fraction of sp³-hybridized carbons (Fsp3) is 0.417. The van der Waals surface area contributed by atoms with Crippen LogP contribution in [0.25, 0.3) is 0 Å². The van der Waals surface area contributed by atoms with E-state index in [-0.39, 0.29) is 0 Å². The first-order valence-corrected chi connectivity index (χ1v) is 11.1. The number of nitrogens with one attached hydrogen (secondary N) is 1. The van der Waals surface area contributed by atoms with Crippen molar-refractivity contribution in [1.82, 2.24) is 4.90 Å². The molecule has 1 aliphatic heterocycles. The quantitative estimate of drug-likeness (QED) is 0.605. The van der Waals surface area contributed by atoms with Crippen molar-refractivity contribution in [1.29, 1.82) is 0 Å². The maximum Gasteiger partial charge on any atom is 0.350 e. The van der Waals surface area contributed by atoms with Gasteiger partial charge in [-0.05, 0) is 68.9 Å². The molecule has 1 N–H and O–H groups in total. The monoisotopic (exact) mass is 459 g/mol. The van der Waals surface area contributed by atoms with Crippen molar-refractivity contribution >= 4 is 34.9 Å². The van der Waals surface area contributed by atoms with Gasteiger partial charge >= 0.3 is 5.97 Å². The molecule has 0 saturated carbocycles. The SMILES string of the molecule is CCN1CCN(c2ccc(NC(=O)COC(=O)C(C)(C)Oc3ccc(Cl)cc3)cc2)CC1. The van der Waals surface area contributed by atoms with Crippen LogP contribution in [-0.4, -0.2) is 61.7 Å². The third-order valence-corrected chi connectivity index (χ3v) is 5.60. The van der Waals surface area contributed by atoms with Gasteiger partial charge in [0.15, 0.2) is 12.2 Å². The zero-order chi connectivity index (χ0) is 23.1. The smallest absolute Gasteiger partial charge is 0.350 e. The summed E-state index contributed by atoms with van der Waals surface area (Å²) >= 11 is 5.86. The molecule has 1 heterocycles. The number of esters is 1. The molecular formula is C24H30ClN3O4. The van der Waals surface area contributed by atoms with Crippen molar-refractivity contribution in [3.63, 3.8) is 0 Å². The van der Waals surface area contributed by atoms with Gasteiger partial charge in [0, 0.05) is 42.6 Å². The summed E-state index contributed by atoms with van der Waals surface area (Å²) in [5.74, 6) is -0.564. The number of piperazine rings is 1. The highest BCUT2D eigenvalue weighted by Gasteiger charge is 2.32. The largest absolute Gasteiger partial charge is 0.476 e. The van der Waals surface area contributed by atoms with Crippen molar-refractivity contribution in [3.05, 3.63) is 53.6 Å². The van der Waals surface area contributed by atoms with Crippen LogP contribution in [0.15, 0.2) is 48.5 Å². The Morgan fingerprint density at radius 1 is 1.00 bits per heavy atom. The predicted molar refractivity (Wildman–Crippen MR) is 127 cm³/mol. The van der Waals surface area contributed by atoms with Gasteiger partial charge in [0.25, 0.3) is 5.91 Å². The Kier molecular flexibility index (Phi) is 7.99. The Bertz CT molecular complexity index is 908. The number of hydrogen-bond donors (Lipinski definition) is 1. The topological polar surface area (TPSA) is 71.1 Å². The Balaban J connectivity index is 1.45. The highest BCUT2D eigenvalue weighted by Crippen LogP contribution is 2.22. The summed E-state index contributed by atoms with van der Waals surface area (Å²) in [4.78, 5) is 29.4. The Labute approximate surface area is 194 Å². The summed E-state index contributed by atoms with van der Waals surface area (Å²) in [5, 5.41) is 3.32. The molecule has 32 heavy (non-hydrogen) atoms. The molecule has 0 spiro atoms. The van der Waals surface area contributed by atoms with Crippen LogP contribution in [0.3, 0.4) is 0 Å². The Hall–Kier alpha value is -2.77. The lowest BCUT2D eigenvalue weighted by molar-refractivity contribution is -0.161. The van der Waals surface area contributed by atoms with E-state index >= 15 is 0 Å². The van der Waals surface area contributed by atoms with Crippen molar-refractivity contribution in [2.24, 2.45) is 0 Å². The number of rotatable bonds is 8. The summed E-state index contributed by atoms with van der Waals surface area (Å²) in [5.41, 5.74) is 0.530. The molecule has 1 saturated heterocycles. The zero-order valence-corrected chi connectivity index (χ0v) is 19.5. The summed E-state index contributed by atoms with van der Waals surface area (Å²) in [7, 11) is 0. The molecule has 1 fully saturated rings. The van der Waals surface area contributed by atoms with Gasteiger partial charge in [0.1, 0.15) is 5.75 Å². The van der Waals surface area contributed by atoms with Gasteiger partial charge in [-0.15, -0.1) is 0 Å². The average molecular weight is 460 g/mol. The number of carbonyl (C=O) groups is 2. The number of likely N-dealkylation sites (N-methyl/N-ethyl adjacent to an activating group) is 1. The zero-order valence-electron chi connectivity index (χ0n) is 18.8. The van der Waals surface area contributed by atoms with Crippen molar-refractivity contribution in [2.45, 2.75) is 26.4 Å². The van der Waals surface area contributed by atoms with Crippen LogP contribution in [0.1, 0.15) is 20.8 Å². The molecule has 0 aliphatic carbocycles. The Morgan fingerprint density at radius 2 is 1.62 bits per heavy atom. The van der Waals surface area contributed by atoms with Gasteiger partial charge in [0.2, 0.25) is 0 Å². The molecule has 0 bridgehead atoms. The van der Waals surface area contributed by atoms with Gasteiger partial charge in [-0.1, -0.05) is 18.5 Å². The van der Waals surface area contributed by atoms with Crippen LogP contribution in [0.2, 0.25) is 5.02 Å². The second kappa shape index (κ2) is 10.7. The molecule has 3 rings (SSSR count). The number of benzene rings is 2. The van der Waals surface area contributed by atoms with Gasteiger partial charge < -0.3 is 24.6 Å². The highest BCUT2D eigenvalue weighted by molar-refractivity contribution is 6.30. The number of halogens is 1. The molecule has 1 amide bonds. The second-order valence-corrected chi connectivity index (χ2v) is 8.60. The van der Waals surface area contributed by atoms with Gasteiger partial charge in [-0.2, -0.15) is 0 Å². The maximum atomic E-state index is 12.4. The summed E-state index contributed by atoms with van der Waals surface area (Å²) in [6.45, 7) is 10.1. The molecule has 8 heteroatoms. The van der Waals surface area contributed by atoms with E-state index in [9.17, 15) is 9.59 Å². The third-order valence-electron chi connectivity index (χ3n) is 5.35. The minimum Gasteiger partial charge on any atom is -0.476 e. The van der Waals surface area contributed by atoms with E-state index in [1.807, 2.05) is 24.3 Å². The lowest BCUT2D eigenvalue weighted by Gasteiger charge is -2.35. The first-order valence-electron chi connectivity index (χ1n) is 10.8. The first-order chi connectivity index (χ1) is 15.3. The minimum atomic E-state index is -1.25. The van der Waals surface area contributed by atoms with Crippen molar-refractivity contribution < 1.29 is 19.1 Å². The fourth-order valence-electron chi connectivity index (χ4n) is 3.42. The van der Waals surface area contributed by atoms with Gasteiger partial charge in [-0.3, -0.25) is 4.79 Å². The van der Waals surface area contributed by atoms with Crippen LogP contribution in [0, 0.1) is 0 Å². The van der Waals surface area contributed by atoms with Crippen molar-refractivity contribution in [2.75, 3.05) is 49.5 Å². The van der Waals surface area contributed by atoms with Crippen LogP contribution < -0.4 is 15.0 Å². The van der Waals surface area contributed by atoms with E-state index in [0.29, 0.717) is 16.5 Å². The molecule has 2 aromatic rings. The van der Waals surface area contributed by atoms with Crippen LogP contribution in [0.4, 0.5) is 11.4 Å². The molecule has 0 radical (unpaired) electrons. The maximum absolute atomic E-state index is 12.4. The second-order valence-electron chi connectivity index (χ2n) is 8.16. The highest BCUT2D eigenvalue weighted by atomic mass is 35.5. The molecular weight excluding hydrogens is 430 g/mol. The first kappa shape index (κ1) is 23.9. The van der Waals surface area contributed by atoms with E-state index < -0.39 is 24.1 Å². The number of carbonyl (C=O) groups excluding carboxylic acids is 2. The normalized spacial score (nSPS) is 14.7. The molecule has 0 aromatic heterocycles. The van der Waals surface area contributed by atoms with Gasteiger partial charge in [-0.25, -0.2) is 4.79 Å². The Morgan fingerprint density at radius 3 is 2.22 bits per heavy atom. The molecule has 2 aromatic carbocycles. The van der Waals surface area contributed by atoms with Crippen molar-refractivity contribution in [3.8, 4) is 5.75 Å². The molecule has 172 valence electrons. The summed E-state index contributed by atoms with van der Waals surface area (Å²) in [6.07, 6.45) is 0. The van der Waals surface area contributed by atoms with Crippen LogP contribution in [0.5, 0.6) is 5.75 Å². The standard InChI is InChI=1S/C24H30ClN3O4/c1-4-27-13-15-28(16-14-27)20-9-7-19(8-10-20)26-22(29)17-31-23(30)24(2,3)32-21-11-5-18(25)6-12-21/h5-12H,4,13-17H2,1-3H3,(H,26,29). The van der Waals surface area contributed by atoms with Crippen LogP contribution >= 0.6 is 11.6 Å². The molecule has 0 atom stereocenters. The lowest BCUT2D eigenvalue weighted by atomic mass is 10.1. The third kappa shape index (κ3) is 6.61. The number of amides is 1. The van der Waals surface area contributed by atoms with Gasteiger partial charge in [0.05, 0.1) is 0 Å². The number of nitrogens with zero attached hydrogens (tertiary/aromatic N) is 2. The molecule has 0 unspecified atom stereocenters. The van der Waals surface area contributed by atoms with E-state index in [1.54, 1.807) is 38.1 Å². The average Bonchev–Trinajstić information content (AvgIpc) is 2.79. The molecule has 7 nitrogen and oxygen atoms in total. The summed E-state index contributed by atoms with van der Waals surface area (Å²) in [6, 6.07) is 14.4. The molecule has 1 aliphatic rings. The van der Waals surface area contributed by atoms with E-state index in [0.717, 1.165) is 38.4 Å². The fourth-order valence-corrected chi connectivity index (χ4v) is 3.54. The number of ether oxygens (including phenoxy) is 2. The van der Waals surface area contributed by atoms with E-state index in [4.69, 9.17) is 21.1 Å².